The summed E-state index contributed by atoms with van der Waals surface area (Å²) in [6.45, 7) is 1.12. The van der Waals surface area contributed by atoms with Crippen LogP contribution in [0.4, 0.5) is 5.69 Å². The number of anilines is 1. The minimum absolute atomic E-state index is 0.0231. The van der Waals surface area contributed by atoms with Gasteiger partial charge in [-0.1, -0.05) is 12.1 Å². The number of nitrogens with one attached hydrogen (secondary N) is 2. The van der Waals surface area contributed by atoms with Gasteiger partial charge in [-0.25, -0.2) is 13.1 Å². The Balaban J connectivity index is 2.66. The van der Waals surface area contributed by atoms with Crippen molar-refractivity contribution in [1.82, 2.24) is 4.72 Å². The van der Waals surface area contributed by atoms with Crippen molar-refractivity contribution >= 4 is 15.7 Å². The van der Waals surface area contributed by atoms with E-state index in [2.05, 4.69) is 10.0 Å². The van der Waals surface area contributed by atoms with E-state index >= 15 is 0 Å². The van der Waals surface area contributed by atoms with Crippen molar-refractivity contribution in [2.75, 3.05) is 38.7 Å². The molecule has 1 aromatic rings. The van der Waals surface area contributed by atoms with Gasteiger partial charge in [0.05, 0.1) is 25.5 Å². The summed E-state index contributed by atoms with van der Waals surface area (Å²) in [5.74, 6) is 0. The van der Waals surface area contributed by atoms with Gasteiger partial charge in [-0.15, -0.1) is 0 Å². The van der Waals surface area contributed by atoms with Crippen molar-refractivity contribution in [3.05, 3.63) is 24.3 Å². The molecule has 0 atom stereocenters. The maximum absolute atomic E-state index is 11.7. The fraction of sp³-hybridized carbons (Fsp3) is 0.455. The van der Waals surface area contributed by atoms with E-state index in [1.165, 1.54) is 13.1 Å². The lowest BCUT2D eigenvalue weighted by molar-refractivity contribution is 0.0992. The van der Waals surface area contributed by atoms with Crippen molar-refractivity contribution < 1.29 is 18.3 Å². The third kappa shape index (κ3) is 4.26. The zero-order valence-corrected chi connectivity index (χ0v) is 11.0. The normalized spacial score (nSPS) is 11.4. The number of para-hydroxylation sites is 1. The van der Waals surface area contributed by atoms with E-state index in [0.717, 1.165) is 0 Å². The fourth-order valence-corrected chi connectivity index (χ4v) is 2.29. The Bertz CT molecular complexity index is 462. The summed E-state index contributed by atoms with van der Waals surface area (Å²) < 4.78 is 30.8. The second-order valence-corrected chi connectivity index (χ2v) is 5.32. The minimum atomic E-state index is -3.47. The summed E-state index contributed by atoms with van der Waals surface area (Å²) in [5, 5.41) is 11.5. The van der Waals surface area contributed by atoms with Crippen LogP contribution in [0, 0.1) is 0 Å². The highest BCUT2D eigenvalue weighted by Crippen LogP contribution is 2.19. The van der Waals surface area contributed by atoms with E-state index < -0.39 is 10.0 Å². The average Bonchev–Trinajstić information content (AvgIpc) is 2.39. The Morgan fingerprint density at radius 1 is 1.28 bits per heavy atom. The number of benzene rings is 1. The van der Waals surface area contributed by atoms with E-state index in [1.807, 2.05) is 0 Å². The van der Waals surface area contributed by atoms with Crippen LogP contribution in [0.15, 0.2) is 29.2 Å². The smallest absolute Gasteiger partial charge is 0.242 e. The predicted molar refractivity (Wildman–Crippen MR) is 69.1 cm³/mol. The lowest BCUT2D eigenvalue weighted by Gasteiger charge is -2.11. The minimum Gasteiger partial charge on any atom is -0.394 e. The molecule has 18 heavy (non-hydrogen) atoms. The van der Waals surface area contributed by atoms with Crippen molar-refractivity contribution in [2.45, 2.75) is 4.90 Å². The summed E-state index contributed by atoms with van der Waals surface area (Å²) in [5.41, 5.74) is 0.527. The second-order valence-electron chi connectivity index (χ2n) is 3.47. The average molecular weight is 274 g/mol. The molecule has 0 saturated carbocycles. The third-order valence-corrected chi connectivity index (χ3v) is 3.72. The van der Waals surface area contributed by atoms with Crippen LogP contribution in [0.3, 0.4) is 0 Å². The van der Waals surface area contributed by atoms with Crippen molar-refractivity contribution in [3.63, 3.8) is 0 Å². The van der Waals surface area contributed by atoms with E-state index in [-0.39, 0.29) is 18.1 Å². The lowest BCUT2D eigenvalue weighted by Crippen LogP contribution is -2.21. The zero-order valence-electron chi connectivity index (χ0n) is 10.2. The van der Waals surface area contributed by atoms with Crippen LogP contribution in [-0.2, 0) is 14.8 Å². The molecule has 0 aliphatic heterocycles. The Morgan fingerprint density at radius 2 is 2.00 bits per heavy atom. The van der Waals surface area contributed by atoms with Gasteiger partial charge in [-0.05, 0) is 19.2 Å². The molecule has 0 radical (unpaired) electrons. The number of rotatable bonds is 8. The Morgan fingerprint density at radius 3 is 2.67 bits per heavy atom. The number of sulfonamides is 1. The monoisotopic (exact) mass is 274 g/mol. The SMILES string of the molecule is CNS(=O)(=O)c1ccccc1NCCOCCO. The second kappa shape index (κ2) is 7.32. The van der Waals surface area contributed by atoms with Gasteiger partial charge < -0.3 is 15.2 Å². The molecule has 3 N–H and O–H groups in total. The molecular weight excluding hydrogens is 256 g/mol. The van der Waals surface area contributed by atoms with Gasteiger partial charge in [0.15, 0.2) is 0 Å². The Labute approximate surface area is 107 Å². The first-order valence-electron chi connectivity index (χ1n) is 5.57. The van der Waals surface area contributed by atoms with Gasteiger partial charge in [0.1, 0.15) is 4.90 Å². The lowest BCUT2D eigenvalue weighted by atomic mass is 10.3. The molecule has 0 fully saturated rings. The molecule has 102 valence electrons. The van der Waals surface area contributed by atoms with E-state index in [0.29, 0.717) is 18.8 Å². The number of ether oxygens (including phenoxy) is 1. The van der Waals surface area contributed by atoms with Crippen LogP contribution >= 0.6 is 0 Å². The molecule has 1 aromatic carbocycles. The molecule has 7 heteroatoms. The molecular formula is C11H18N2O4S. The van der Waals surface area contributed by atoms with Crippen molar-refractivity contribution in [1.29, 1.82) is 0 Å². The van der Waals surface area contributed by atoms with Gasteiger partial charge >= 0.3 is 0 Å². The summed E-state index contributed by atoms with van der Waals surface area (Å²) in [6, 6.07) is 6.64. The summed E-state index contributed by atoms with van der Waals surface area (Å²) >= 11 is 0. The number of aliphatic hydroxyl groups is 1. The maximum Gasteiger partial charge on any atom is 0.242 e. The molecule has 0 unspecified atom stereocenters. The van der Waals surface area contributed by atoms with Gasteiger partial charge in [-0.2, -0.15) is 0 Å². The highest BCUT2D eigenvalue weighted by molar-refractivity contribution is 7.89. The van der Waals surface area contributed by atoms with Crippen LogP contribution in [0.5, 0.6) is 0 Å². The fourth-order valence-electron chi connectivity index (χ4n) is 1.38. The first-order valence-corrected chi connectivity index (χ1v) is 7.05. The van der Waals surface area contributed by atoms with Gasteiger partial charge in [0, 0.05) is 6.54 Å². The number of aliphatic hydroxyl groups excluding tert-OH is 1. The first-order chi connectivity index (χ1) is 8.61. The maximum atomic E-state index is 11.7. The van der Waals surface area contributed by atoms with Crippen molar-refractivity contribution in [3.8, 4) is 0 Å². The van der Waals surface area contributed by atoms with Gasteiger partial charge in [0.2, 0.25) is 10.0 Å². The van der Waals surface area contributed by atoms with Crippen LogP contribution in [-0.4, -0.2) is 46.9 Å². The van der Waals surface area contributed by atoms with Crippen LogP contribution in [0.2, 0.25) is 0 Å². The zero-order chi connectivity index (χ0) is 13.4. The number of hydrogen-bond acceptors (Lipinski definition) is 5. The molecule has 0 aliphatic rings. The van der Waals surface area contributed by atoms with E-state index in [4.69, 9.17) is 9.84 Å². The summed E-state index contributed by atoms with van der Waals surface area (Å²) in [6.07, 6.45) is 0. The molecule has 0 saturated heterocycles. The molecule has 6 nitrogen and oxygen atoms in total. The highest BCUT2D eigenvalue weighted by Gasteiger charge is 2.15. The topological polar surface area (TPSA) is 87.7 Å². The largest absolute Gasteiger partial charge is 0.394 e. The molecule has 0 aromatic heterocycles. The van der Waals surface area contributed by atoms with Gasteiger partial charge in [-0.3, -0.25) is 0 Å². The molecule has 0 heterocycles. The first kappa shape index (κ1) is 14.9. The summed E-state index contributed by atoms with van der Waals surface area (Å²) in [7, 11) is -2.10. The Hall–Kier alpha value is -1.15. The third-order valence-electron chi connectivity index (χ3n) is 2.24. The van der Waals surface area contributed by atoms with Crippen LogP contribution in [0.25, 0.3) is 0 Å². The molecule has 0 spiro atoms. The van der Waals surface area contributed by atoms with E-state index in [9.17, 15) is 8.42 Å². The van der Waals surface area contributed by atoms with Gasteiger partial charge in [0.25, 0.3) is 0 Å². The number of hydrogen-bond donors (Lipinski definition) is 3. The summed E-state index contributed by atoms with van der Waals surface area (Å²) in [4.78, 5) is 0.203. The quantitative estimate of drug-likeness (QED) is 0.582. The van der Waals surface area contributed by atoms with Crippen LogP contribution < -0.4 is 10.0 Å². The van der Waals surface area contributed by atoms with E-state index in [1.54, 1.807) is 18.2 Å². The molecule has 0 bridgehead atoms. The molecule has 0 amide bonds. The predicted octanol–water partition coefficient (Wildman–Crippen LogP) is 0.0155. The highest BCUT2D eigenvalue weighted by atomic mass is 32.2. The van der Waals surface area contributed by atoms with Crippen molar-refractivity contribution in [2.24, 2.45) is 0 Å². The Kier molecular flexibility index (Phi) is 6.06. The van der Waals surface area contributed by atoms with Crippen LogP contribution in [0.1, 0.15) is 0 Å². The standard InChI is InChI=1S/C11H18N2O4S/c1-12-18(15,16)11-5-3-2-4-10(11)13-6-8-17-9-7-14/h2-5,12-14H,6-9H2,1H3. The molecule has 1 rings (SSSR count). The molecule has 0 aliphatic carbocycles.